The maximum atomic E-state index is 13.7. The molecule has 2 aromatic rings. The summed E-state index contributed by atoms with van der Waals surface area (Å²) < 4.78 is 13.7. The highest BCUT2D eigenvalue weighted by Crippen LogP contribution is 2.11. The van der Waals surface area contributed by atoms with E-state index in [1.165, 1.54) is 6.08 Å². The molecular weight excluding hydrogens is 207 g/mol. The minimum atomic E-state index is -0.679. The third-order valence-electron chi connectivity index (χ3n) is 2.17. The number of para-hydroxylation sites is 1. The van der Waals surface area contributed by atoms with Crippen molar-refractivity contribution in [2.75, 3.05) is 0 Å². The zero-order valence-corrected chi connectivity index (χ0v) is 8.48. The van der Waals surface area contributed by atoms with Crippen molar-refractivity contribution in [1.82, 2.24) is 9.97 Å². The van der Waals surface area contributed by atoms with E-state index in [-0.39, 0.29) is 17.5 Å². The second-order valence-electron chi connectivity index (χ2n) is 3.28. The van der Waals surface area contributed by atoms with Gasteiger partial charge in [0, 0.05) is 6.42 Å². The summed E-state index contributed by atoms with van der Waals surface area (Å²) in [7, 11) is 0. The normalized spacial score (nSPS) is 10.3. The lowest BCUT2D eigenvalue weighted by Crippen LogP contribution is -2.10. The number of benzene rings is 1. The van der Waals surface area contributed by atoms with Crippen molar-refractivity contribution in [2.45, 2.75) is 6.42 Å². The highest BCUT2D eigenvalue weighted by atomic mass is 19.1. The number of halogens is 1. The first-order valence-corrected chi connectivity index (χ1v) is 4.78. The molecule has 3 nitrogen and oxygen atoms in total. The van der Waals surface area contributed by atoms with E-state index in [0.717, 1.165) is 0 Å². The Labute approximate surface area is 91.3 Å². The average molecular weight is 216 g/mol. The van der Waals surface area contributed by atoms with Gasteiger partial charge < -0.3 is 0 Å². The highest BCUT2D eigenvalue weighted by molar-refractivity contribution is 5.77. The van der Waals surface area contributed by atoms with Gasteiger partial charge in [0.25, 0.3) is 5.56 Å². The largest absolute Gasteiger partial charge is 0.292 e. The van der Waals surface area contributed by atoms with Gasteiger partial charge in [0.1, 0.15) is 5.69 Å². The molecule has 1 aromatic carbocycles. The predicted molar refractivity (Wildman–Crippen MR) is 59.7 cm³/mol. The fourth-order valence-electron chi connectivity index (χ4n) is 1.42. The van der Waals surface area contributed by atoms with Crippen LogP contribution in [-0.4, -0.2) is 9.97 Å². The van der Waals surface area contributed by atoms with Crippen LogP contribution in [0.25, 0.3) is 10.9 Å². The van der Waals surface area contributed by atoms with Crippen LogP contribution in [0.3, 0.4) is 0 Å². The van der Waals surface area contributed by atoms with E-state index in [0.29, 0.717) is 5.52 Å². The standard InChI is InChI=1S/C12H9FN2O/c1-2-5-10-12(16)15-9-7-4-3-6-8(9)11(13)14-10/h2-4,6-7H,1,5H2. The lowest BCUT2D eigenvalue weighted by atomic mass is 10.2. The molecule has 1 heterocycles. The Bertz CT molecular complexity index is 610. The fraction of sp³-hybridized carbons (Fsp3) is 0.0833. The van der Waals surface area contributed by atoms with Gasteiger partial charge in [-0.25, -0.2) is 9.97 Å². The van der Waals surface area contributed by atoms with Crippen LogP contribution in [0.4, 0.5) is 4.39 Å². The zero-order valence-electron chi connectivity index (χ0n) is 8.48. The molecule has 16 heavy (non-hydrogen) atoms. The summed E-state index contributed by atoms with van der Waals surface area (Å²) in [6, 6.07) is 6.49. The molecular formula is C12H9FN2O. The monoisotopic (exact) mass is 216 g/mol. The molecule has 0 saturated heterocycles. The van der Waals surface area contributed by atoms with Gasteiger partial charge in [-0.1, -0.05) is 18.2 Å². The number of hydrogen-bond acceptors (Lipinski definition) is 3. The van der Waals surface area contributed by atoms with Crippen molar-refractivity contribution in [1.29, 1.82) is 0 Å². The molecule has 0 fully saturated rings. The fourth-order valence-corrected chi connectivity index (χ4v) is 1.42. The Kier molecular flexibility index (Phi) is 2.72. The summed E-state index contributed by atoms with van der Waals surface area (Å²) in [6.45, 7) is 3.49. The molecule has 80 valence electrons. The Balaban J connectivity index is 2.86. The summed E-state index contributed by atoms with van der Waals surface area (Å²) >= 11 is 0. The first kappa shape index (κ1) is 10.4. The van der Waals surface area contributed by atoms with Crippen molar-refractivity contribution >= 4 is 10.9 Å². The smallest absolute Gasteiger partial charge is 0.265 e. The average Bonchev–Trinajstić information content (AvgIpc) is 2.39. The van der Waals surface area contributed by atoms with Crippen LogP contribution in [-0.2, 0) is 6.42 Å². The summed E-state index contributed by atoms with van der Waals surface area (Å²) in [5, 5.41) is 0.245. The van der Waals surface area contributed by atoms with E-state index in [1.807, 2.05) is 0 Å². The van der Waals surface area contributed by atoms with Gasteiger partial charge in [0.15, 0.2) is 0 Å². The first-order chi connectivity index (χ1) is 7.72. The molecule has 0 aliphatic rings. The maximum Gasteiger partial charge on any atom is 0.292 e. The molecule has 0 aliphatic carbocycles. The van der Waals surface area contributed by atoms with Gasteiger partial charge in [-0.05, 0) is 12.1 Å². The molecule has 0 bridgehead atoms. The van der Waals surface area contributed by atoms with E-state index in [9.17, 15) is 9.18 Å². The van der Waals surface area contributed by atoms with Crippen LogP contribution in [0.1, 0.15) is 5.69 Å². The van der Waals surface area contributed by atoms with E-state index in [4.69, 9.17) is 0 Å². The SMILES string of the molecule is C=CCc1nc(F)c2ccccc2nc1=O. The lowest BCUT2D eigenvalue weighted by Gasteiger charge is -1.89. The van der Waals surface area contributed by atoms with Crippen LogP contribution in [0.5, 0.6) is 0 Å². The van der Waals surface area contributed by atoms with Crippen LogP contribution >= 0.6 is 0 Å². The Morgan fingerprint density at radius 2 is 2.06 bits per heavy atom. The van der Waals surface area contributed by atoms with Gasteiger partial charge in [-0.15, -0.1) is 6.58 Å². The molecule has 1 aromatic heterocycles. The Morgan fingerprint density at radius 1 is 1.31 bits per heavy atom. The highest BCUT2D eigenvalue weighted by Gasteiger charge is 2.06. The van der Waals surface area contributed by atoms with E-state index < -0.39 is 11.5 Å². The van der Waals surface area contributed by atoms with Gasteiger partial charge in [0.05, 0.1) is 10.9 Å². The van der Waals surface area contributed by atoms with Crippen LogP contribution in [0.15, 0.2) is 41.7 Å². The van der Waals surface area contributed by atoms with Crippen LogP contribution in [0.2, 0.25) is 0 Å². The number of aromatic nitrogens is 2. The first-order valence-electron chi connectivity index (χ1n) is 4.78. The number of fused-ring (bicyclic) bond motifs is 1. The summed E-state index contributed by atoms with van der Waals surface area (Å²) in [5.41, 5.74) is -0.128. The minimum Gasteiger partial charge on any atom is -0.265 e. The Morgan fingerprint density at radius 3 is 2.81 bits per heavy atom. The topological polar surface area (TPSA) is 42.9 Å². The molecule has 4 heteroatoms. The predicted octanol–water partition coefficient (Wildman–Crippen LogP) is 1.86. The van der Waals surface area contributed by atoms with Crippen molar-refractivity contribution in [3.8, 4) is 0 Å². The van der Waals surface area contributed by atoms with Crippen LogP contribution < -0.4 is 5.56 Å². The molecule has 2 rings (SSSR count). The quantitative estimate of drug-likeness (QED) is 0.719. The maximum absolute atomic E-state index is 13.7. The second kappa shape index (κ2) is 4.18. The zero-order chi connectivity index (χ0) is 11.5. The van der Waals surface area contributed by atoms with E-state index >= 15 is 0 Å². The van der Waals surface area contributed by atoms with Crippen molar-refractivity contribution < 1.29 is 4.39 Å². The summed E-state index contributed by atoms with van der Waals surface area (Å²) in [5.74, 6) is -0.679. The number of allylic oxidation sites excluding steroid dienone is 1. The molecule has 0 unspecified atom stereocenters. The van der Waals surface area contributed by atoms with Gasteiger partial charge in [0.2, 0.25) is 5.95 Å². The lowest BCUT2D eigenvalue weighted by molar-refractivity contribution is 0.593. The molecule has 0 aliphatic heterocycles. The van der Waals surface area contributed by atoms with E-state index in [2.05, 4.69) is 16.5 Å². The van der Waals surface area contributed by atoms with Gasteiger partial charge in [-0.3, -0.25) is 4.79 Å². The van der Waals surface area contributed by atoms with Gasteiger partial charge in [-0.2, -0.15) is 4.39 Å². The summed E-state index contributed by atoms with van der Waals surface area (Å²) in [4.78, 5) is 19.0. The third kappa shape index (κ3) is 1.82. The third-order valence-corrected chi connectivity index (χ3v) is 2.17. The molecule has 0 radical (unpaired) electrons. The van der Waals surface area contributed by atoms with Crippen LogP contribution in [0, 0.1) is 5.95 Å². The summed E-state index contributed by atoms with van der Waals surface area (Å²) in [6.07, 6.45) is 1.71. The number of nitrogens with zero attached hydrogens (tertiary/aromatic N) is 2. The molecule has 0 spiro atoms. The molecule has 0 amide bonds. The van der Waals surface area contributed by atoms with Crippen molar-refractivity contribution in [3.63, 3.8) is 0 Å². The van der Waals surface area contributed by atoms with Crippen molar-refractivity contribution in [2.24, 2.45) is 0 Å². The molecule has 0 atom stereocenters. The number of hydrogen-bond donors (Lipinski definition) is 0. The second-order valence-corrected chi connectivity index (χ2v) is 3.28. The molecule has 0 N–H and O–H groups in total. The van der Waals surface area contributed by atoms with E-state index in [1.54, 1.807) is 24.3 Å². The number of rotatable bonds is 2. The molecule has 0 saturated carbocycles. The van der Waals surface area contributed by atoms with Gasteiger partial charge >= 0.3 is 0 Å². The minimum absolute atomic E-state index is 0.0729. The Hall–Kier alpha value is -2.10. The van der Waals surface area contributed by atoms with Crippen molar-refractivity contribution in [3.05, 3.63) is 58.9 Å².